The molecule has 1 aliphatic heterocycles. The molecule has 0 aromatic heterocycles. The molecule has 1 aliphatic rings. The lowest BCUT2D eigenvalue weighted by atomic mass is 9.84. The zero-order valence-electron chi connectivity index (χ0n) is 21.8. The highest BCUT2D eigenvalue weighted by Gasteiger charge is 2.40. The number of piperidine rings is 1. The van der Waals surface area contributed by atoms with Crippen molar-refractivity contribution < 1.29 is 19.1 Å². The van der Waals surface area contributed by atoms with Crippen molar-refractivity contribution in [2.45, 2.75) is 86.4 Å². The highest BCUT2D eigenvalue weighted by molar-refractivity contribution is 5.91. The Kier molecular flexibility index (Phi) is 10.4. The van der Waals surface area contributed by atoms with Crippen molar-refractivity contribution in [1.29, 1.82) is 0 Å². The molecule has 184 valence electrons. The number of rotatable bonds is 8. The molecule has 1 saturated heterocycles. The summed E-state index contributed by atoms with van der Waals surface area (Å²) in [6.07, 6.45) is 3.87. The van der Waals surface area contributed by atoms with Gasteiger partial charge in [0.15, 0.2) is 0 Å². The monoisotopic (exact) mass is 451 g/mol. The van der Waals surface area contributed by atoms with Crippen molar-refractivity contribution >= 4 is 17.8 Å². The van der Waals surface area contributed by atoms with Crippen molar-refractivity contribution in [2.24, 2.45) is 17.3 Å². The molecule has 0 aliphatic carbocycles. The number of carbonyl (C=O) groups excluding carboxylic acids is 3. The van der Waals surface area contributed by atoms with Crippen LogP contribution in [-0.4, -0.2) is 73.0 Å². The van der Waals surface area contributed by atoms with Crippen LogP contribution in [0.4, 0.5) is 0 Å². The van der Waals surface area contributed by atoms with Crippen LogP contribution < -0.4 is 5.32 Å². The van der Waals surface area contributed by atoms with Crippen molar-refractivity contribution in [1.82, 2.24) is 15.1 Å². The Morgan fingerprint density at radius 1 is 1.25 bits per heavy atom. The van der Waals surface area contributed by atoms with E-state index >= 15 is 0 Å². The first-order valence-corrected chi connectivity index (χ1v) is 11.8. The molecule has 32 heavy (non-hydrogen) atoms. The predicted molar refractivity (Wildman–Crippen MR) is 128 cm³/mol. The lowest BCUT2D eigenvalue weighted by Crippen LogP contribution is -2.60. The van der Waals surface area contributed by atoms with Crippen LogP contribution in [0.2, 0.25) is 0 Å². The second-order valence-electron chi connectivity index (χ2n) is 10.6. The summed E-state index contributed by atoms with van der Waals surface area (Å²) in [5.74, 6) is -0.326. The smallest absolute Gasteiger partial charge is 0.333 e. The van der Waals surface area contributed by atoms with Gasteiger partial charge in [-0.15, -0.1) is 0 Å². The fourth-order valence-corrected chi connectivity index (χ4v) is 4.40. The molecular formula is C25H45N3O4. The van der Waals surface area contributed by atoms with Crippen LogP contribution in [0.25, 0.3) is 0 Å². The van der Waals surface area contributed by atoms with Crippen molar-refractivity contribution in [2.75, 3.05) is 27.2 Å². The highest BCUT2D eigenvalue weighted by atomic mass is 16.5. The van der Waals surface area contributed by atoms with Crippen molar-refractivity contribution in [3.8, 4) is 0 Å². The van der Waals surface area contributed by atoms with Gasteiger partial charge in [-0.3, -0.25) is 14.5 Å². The number of nitrogens with one attached hydrogen (secondary N) is 1. The van der Waals surface area contributed by atoms with E-state index in [0.717, 1.165) is 19.4 Å². The summed E-state index contributed by atoms with van der Waals surface area (Å²) >= 11 is 0. The average molecular weight is 452 g/mol. The summed E-state index contributed by atoms with van der Waals surface area (Å²) in [6.45, 7) is 16.6. The van der Waals surface area contributed by atoms with E-state index in [1.807, 2.05) is 41.7 Å². The largest absolute Gasteiger partial charge is 0.463 e. The molecule has 7 nitrogen and oxygen atoms in total. The summed E-state index contributed by atoms with van der Waals surface area (Å²) in [4.78, 5) is 42.7. The average Bonchev–Trinajstić information content (AvgIpc) is 2.67. The third-order valence-electron chi connectivity index (χ3n) is 6.35. The number of likely N-dealkylation sites (tertiary alicyclic amines) is 1. The molecule has 1 heterocycles. The topological polar surface area (TPSA) is 79.0 Å². The van der Waals surface area contributed by atoms with E-state index in [4.69, 9.17) is 4.74 Å². The number of nitrogens with zero attached hydrogens (tertiary/aromatic N) is 2. The van der Waals surface area contributed by atoms with E-state index < -0.39 is 11.5 Å². The maximum Gasteiger partial charge on any atom is 0.333 e. The lowest BCUT2D eigenvalue weighted by Gasteiger charge is -2.40. The Balaban J connectivity index is 3.15. The van der Waals surface area contributed by atoms with Gasteiger partial charge in [0.2, 0.25) is 11.8 Å². The summed E-state index contributed by atoms with van der Waals surface area (Å²) < 4.78 is 5.09. The Morgan fingerprint density at radius 2 is 1.84 bits per heavy atom. The van der Waals surface area contributed by atoms with E-state index in [9.17, 15) is 14.4 Å². The maximum absolute atomic E-state index is 13.6. The normalized spacial score (nSPS) is 22.3. The van der Waals surface area contributed by atoms with Gasteiger partial charge in [-0.25, -0.2) is 4.79 Å². The highest BCUT2D eigenvalue weighted by Crippen LogP contribution is 2.26. The molecule has 0 radical (unpaired) electrons. The molecule has 1 N–H and O–H groups in total. The van der Waals surface area contributed by atoms with Gasteiger partial charge < -0.3 is 15.0 Å². The van der Waals surface area contributed by atoms with Crippen molar-refractivity contribution in [3.63, 3.8) is 0 Å². The summed E-state index contributed by atoms with van der Waals surface area (Å²) in [7, 11) is 3.71. The number of carbonyl (C=O) groups is 3. The molecule has 0 spiro atoms. The lowest BCUT2D eigenvalue weighted by molar-refractivity contribution is -0.142. The van der Waals surface area contributed by atoms with E-state index in [-0.39, 0.29) is 41.7 Å². The zero-order chi connectivity index (χ0) is 24.8. The Labute approximate surface area is 194 Å². The standard InChI is InChI=1S/C25H45N3O4/c1-11-32-24(31)18(5)15-19(16(2)3)28(10)23(30)21(25(6,7)8)26-22(29)20-17(4)13-12-14-27(20)9/h15-17,19-21H,11-14H2,1-10H3,(H,26,29)/b18-15+/t17?,19-,20?,21?/m1/s1. The quantitative estimate of drug-likeness (QED) is 0.453. The van der Waals surface area contributed by atoms with Gasteiger partial charge >= 0.3 is 5.97 Å². The van der Waals surface area contributed by atoms with Crippen LogP contribution >= 0.6 is 0 Å². The Morgan fingerprint density at radius 3 is 2.31 bits per heavy atom. The second-order valence-corrected chi connectivity index (χ2v) is 10.6. The van der Waals surface area contributed by atoms with Crippen LogP contribution in [0.1, 0.15) is 68.2 Å². The molecule has 0 saturated carbocycles. The summed E-state index contributed by atoms with van der Waals surface area (Å²) in [5.41, 5.74) is -0.00182. The molecular weight excluding hydrogens is 406 g/mol. The molecule has 2 amide bonds. The van der Waals surface area contributed by atoms with Gasteiger partial charge in [-0.05, 0) is 57.5 Å². The molecule has 0 aromatic carbocycles. The summed E-state index contributed by atoms with van der Waals surface area (Å²) in [5, 5.41) is 3.07. The van der Waals surface area contributed by atoms with Crippen LogP contribution in [0.15, 0.2) is 11.6 Å². The minimum absolute atomic E-state index is 0.0779. The van der Waals surface area contributed by atoms with Crippen LogP contribution in [0, 0.1) is 17.3 Å². The van der Waals surface area contributed by atoms with Crippen LogP contribution in [0.3, 0.4) is 0 Å². The third-order valence-corrected chi connectivity index (χ3v) is 6.35. The van der Waals surface area contributed by atoms with Crippen LogP contribution in [0.5, 0.6) is 0 Å². The fraction of sp³-hybridized carbons (Fsp3) is 0.800. The number of likely N-dealkylation sites (N-methyl/N-ethyl adjacent to an activating group) is 2. The SMILES string of the molecule is CCOC(=O)/C(C)=C/[C@H](C(C)C)N(C)C(=O)C(NC(=O)C1C(C)CCCN1C)C(C)(C)C. The van der Waals surface area contributed by atoms with E-state index in [1.54, 1.807) is 31.9 Å². The molecule has 7 heteroatoms. The molecule has 0 bridgehead atoms. The molecule has 1 rings (SSSR count). The van der Waals surface area contributed by atoms with Gasteiger partial charge in [0.25, 0.3) is 0 Å². The molecule has 3 unspecified atom stereocenters. The first-order valence-electron chi connectivity index (χ1n) is 11.8. The van der Waals surface area contributed by atoms with E-state index in [1.165, 1.54) is 0 Å². The van der Waals surface area contributed by atoms with Crippen LogP contribution in [-0.2, 0) is 19.1 Å². The minimum Gasteiger partial charge on any atom is -0.463 e. The third kappa shape index (κ3) is 7.32. The summed E-state index contributed by atoms with van der Waals surface area (Å²) in [6, 6.07) is -1.22. The van der Waals surface area contributed by atoms with Gasteiger partial charge in [0.1, 0.15) is 6.04 Å². The molecule has 0 aromatic rings. The van der Waals surface area contributed by atoms with E-state index in [0.29, 0.717) is 12.2 Å². The number of esters is 1. The van der Waals surface area contributed by atoms with Gasteiger partial charge in [-0.1, -0.05) is 47.6 Å². The first kappa shape index (κ1) is 28.1. The first-order chi connectivity index (χ1) is 14.7. The van der Waals surface area contributed by atoms with Crippen molar-refractivity contribution in [3.05, 3.63) is 11.6 Å². The van der Waals surface area contributed by atoms with Gasteiger partial charge in [-0.2, -0.15) is 0 Å². The number of ether oxygens (including phenoxy) is 1. The predicted octanol–water partition coefficient (Wildman–Crippen LogP) is 3.24. The molecule has 4 atom stereocenters. The number of hydrogen-bond acceptors (Lipinski definition) is 5. The second kappa shape index (κ2) is 11.8. The Bertz CT molecular complexity index is 686. The van der Waals surface area contributed by atoms with E-state index in [2.05, 4.69) is 17.1 Å². The Hall–Kier alpha value is -1.89. The fourth-order valence-electron chi connectivity index (χ4n) is 4.40. The number of amides is 2. The maximum atomic E-state index is 13.6. The zero-order valence-corrected chi connectivity index (χ0v) is 21.8. The van der Waals surface area contributed by atoms with Gasteiger partial charge in [0.05, 0.1) is 18.7 Å². The van der Waals surface area contributed by atoms with Gasteiger partial charge in [0, 0.05) is 12.6 Å². The molecule has 1 fully saturated rings. The number of hydrogen-bond donors (Lipinski definition) is 1. The minimum atomic E-state index is -0.680.